The molecule has 0 aliphatic carbocycles. The summed E-state index contributed by atoms with van der Waals surface area (Å²) in [4.78, 5) is 48.6. The predicted molar refractivity (Wildman–Crippen MR) is 325 cm³/mol. The third-order valence-electron chi connectivity index (χ3n) is 11.7. The number of hydrogen-bond acceptors (Lipinski definition) is 10. The topological polar surface area (TPSA) is 155 Å². The molecule has 0 rings (SSSR count). The van der Waals surface area contributed by atoms with Gasteiger partial charge in [-0.3, -0.25) is 23.4 Å². The Morgan fingerprint density at radius 3 is 1.10 bits per heavy atom. The van der Waals surface area contributed by atoms with Crippen molar-refractivity contribution in [3.63, 3.8) is 0 Å². The van der Waals surface area contributed by atoms with Crippen molar-refractivity contribution >= 4 is 25.7 Å². The van der Waals surface area contributed by atoms with Crippen LogP contribution in [0.15, 0.2) is 146 Å². The van der Waals surface area contributed by atoms with Crippen LogP contribution in [0, 0.1) is 0 Å². The number of hydrogen-bond donors (Lipinski definition) is 2. The molecule has 0 heterocycles. The van der Waals surface area contributed by atoms with E-state index in [2.05, 4.69) is 154 Å². The smallest absolute Gasteiger partial charge is 0.462 e. The van der Waals surface area contributed by atoms with Gasteiger partial charge in [0.1, 0.15) is 12.7 Å². The molecule has 0 aromatic heterocycles. The highest BCUT2D eigenvalue weighted by molar-refractivity contribution is 7.47. The van der Waals surface area contributed by atoms with E-state index in [1.165, 1.54) is 25.7 Å². The van der Waals surface area contributed by atoms with E-state index in [1.807, 2.05) is 12.2 Å². The maximum absolute atomic E-state index is 12.9. The molecule has 0 amide bonds. The maximum Gasteiger partial charge on any atom is 0.472 e. The highest BCUT2D eigenvalue weighted by Gasteiger charge is 2.28. The summed E-state index contributed by atoms with van der Waals surface area (Å²) in [5.41, 5.74) is 0. The summed E-state index contributed by atoms with van der Waals surface area (Å²) in [6.07, 6.45) is 75.3. The molecule has 0 saturated heterocycles. The summed E-state index contributed by atoms with van der Waals surface area (Å²) >= 11 is 0. The molecule has 0 aromatic carbocycles. The minimum atomic E-state index is -4.79. The van der Waals surface area contributed by atoms with Gasteiger partial charge >= 0.3 is 25.7 Å². The van der Waals surface area contributed by atoms with E-state index in [4.69, 9.17) is 23.3 Å². The number of rotatable bonds is 53. The number of phosphoric ester groups is 1. The third kappa shape index (κ3) is 56.1. The number of phosphoric acid groups is 1. The fraction of sp³-hybridized carbons (Fsp3) is 0.591. The largest absolute Gasteiger partial charge is 0.472 e. The van der Waals surface area contributed by atoms with E-state index in [-0.39, 0.29) is 25.9 Å². The highest BCUT2D eigenvalue weighted by atomic mass is 31.2. The molecule has 0 aromatic rings. The lowest BCUT2D eigenvalue weighted by Gasteiger charge is -2.21. The van der Waals surface area contributed by atoms with Crippen LogP contribution in [0.5, 0.6) is 0 Å². The van der Waals surface area contributed by atoms with Crippen molar-refractivity contribution in [2.24, 2.45) is 0 Å². The molecule has 0 radical (unpaired) electrons. The monoisotopic (exact) mass is 1100 g/mol. The van der Waals surface area contributed by atoms with Crippen molar-refractivity contribution in [2.45, 2.75) is 226 Å². The number of allylic oxidation sites excluding steroid dienone is 24. The van der Waals surface area contributed by atoms with Crippen molar-refractivity contribution in [3.05, 3.63) is 146 Å². The summed E-state index contributed by atoms with van der Waals surface area (Å²) in [6, 6.07) is 0. The third-order valence-corrected chi connectivity index (χ3v) is 12.7. The Morgan fingerprint density at radius 2 is 0.679 bits per heavy atom. The second kappa shape index (κ2) is 58.5. The molecule has 3 unspecified atom stereocenters. The van der Waals surface area contributed by atoms with Crippen LogP contribution in [0.25, 0.3) is 0 Å². The van der Waals surface area contributed by atoms with Gasteiger partial charge in [-0.25, -0.2) is 4.57 Å². The van der Waals surface area contributed by atoms with Crippen LogP contribution >= 0.6 is 7.82 Å². The number of aliphatic hydroxyl groups is 1. The van der Waals surface area contributed by atoms with Crippen molar-refractivity contribution in [1.29, 1.82) is 0 Å². The zero-order chi connectivity index (χ0) is 56.9. The Balaban J connectivity index is 4.89. The average Bonchev–Trinajstić information content (AvgIpc) is 3.43. The van der Waals surface area contributed by atoms with Gasteiger partial charge in [0, 0.05) is 19.3 Å². The van der Waals surface area contributed by atoms with Gasteiger partial charge in [-0.05, 0) is 135 Å². The van der Waals surface area contributed by atoms with Gasteiger partial charge in [-0.2, -0.15) is 0 Å². The zero-order valence-electron chi connectivity index (χ0n) is 48.6. The van der Waals surface area contributed by atoms with E-state index in [1.54, 1.807) is 0 Å². The highest BCUT2D eigenvalue weighted by Crippen LogP contribution is 2.43. The second-order valence-corrected chi connectivity index (χ2v) is 20.5. The first kappa shape index (κ1) is 73.4. The lowest BCUT2D eigenvalue weighted by molar-refractivity contribution is -0.161. The van der Waals surface area contributed by atoms with E-state index in [0.29, 0.717) is 25.7 Å². The van der Waals surface area contributed by atoms with Crippen LogP contribution < -0.4 is 0 Å². The van der Waals surface area contributed by atoms with Gasteiger partial charge in [-0.1, -0.05) is 205 Å². The first-order chi connectivity index (χ1) is 38.2. The van der Waals surface area contributed by atoms with Gasteiger partial charge in [-0.15, -0.1) is 0 Å². The van der Waals surface area contributed by atoms with Crippen LogP contribution in [-0.2, 0) is 42.2 Å². The Hall–Kier alpha value is -4.64. The van der Waals surface area contributed by atoms with Gasteiger partial charge in [0.05, 0.1) is 19.8 Å². The first-order valence-electron chi connectivity index (χ1n) is 29.7. The van der Waals surface area contributed by atoms with Crippen LogP contribution in [0.2, 0.25) is 0 Å². The van der Waals surface area contributed by atoms with E-state index in [0.717, 1.165) is 122 Å². The molecule has 0 fully saturated rings. The molecule has 440 valence electrons. The van der Waals surface area contributed by atoms with Gasteiger partial charge in [0.25, 0.3) is 0 Å². The molecule has 12 heteroatoms. The van der Waals surface area contributed by atoms with Gasteiger partial charge < -0.3 is 24.2 Å². The summed E-state index contributed by atoms with van der Waals surface area (Å²) < 4.78 is 39.5. The van der Waals surface area contributed by atoms with Crippen molar-refractivity contribution < 1.29 is 52.2 Å². The number of unbranched alkanes of at least 4 members (excludes halogenated alkanes) is 12. The van der Waals surface area contributed by atoms with Crippen molar-refractivity contribution in [2.75, 3.05) is 26.4 Å². The molecule has 3 atom stereocenters. The molecule has 0 aliphatic rings. The number of aliphatic hydroxyl groups excluding tert-OH is 1. The summed E-state index contributed by atoms with van der Waals surface area (Å²) in [5.74, 6) is -1.61. The normalized spacial score (nSPS) is 14.4. The van der Waals surface area contributed by atoms with E-state index >= 15 is 0 Å². The minimum Gasteiger partial charge on any atom is -0.462 e. The molecule has 0 aliphatic heterocycles. The molecule has 2 N–H and O–H groups in total. The quantitative estimate of drug-likeness (QED) is 0.0197. The summed E-state index contributed by atoms with van der Waals surface area (Å²) in [7, 11) is -4.79. The van der Waals surface area contributed by atoms with E-state index < -0.39 is 57.8 Å². The van der Waals surface area contributed by atoms with Crippen LogP contribution in [0.1, 0.15) is 213 Å². The maximum atomic E-state index is 12.9. The summed E-state index contributed by atoms with van der Waals surface area (Å²) in [5, 5.41) is 9.82. The summed E-state index contributed by atoms with van der Waals surface area (Å²) in [6.45, 7) is 4.24. The minimum absolute atomic E-state index is 0.0744. The Bertz CT molecular complexity index is 1860. The molecule has 11 nitrogen and oxygen atoms in total. The van der Waals surface area contributed by atoms with Crippen molar-refractivity contribution in [1.82, 2.24) is 0 Å². The molecule has 0 saturated carbocycles. The number of carbonyl (C=O) groups is 3. The van der Waals surface area contributed by atoms with Crippen LogP contribution in [0.4, 0.5) is 0 Å². The average molecular weight is 1110 g/mol. The van der Waals surface area contributed by atoms with Crippen LogP contribution in [0.3, 0.4) is 0 Å². The Kier molecular flexibility index (Phi) is 55.0. The number of carbonyl (C=O) groups excluding carboxylic acids is 3. The van der Waals surface area contributed by atoms with Crippen molar-refractivity contribution in [3.8, 4) is 0 Å². The van der Waals surface area contributed by atoms with Gasteiger partial charge in [0.15, 0.2) is 6.10 Å². The standard InChI is InChI=1S/C66H105O11P/c1-4-7-10-13-16-19-22-25-28-30-31-33-35-37-40-43-46-49-52-55-64(68)73-59-63(77-66(70)57-54-51-48-45-42-39-36-32-29-26-23-20-17-14-11-8-5-2)61-75-78(71,72)74-60-62(58-67)76-65(69)56-53-50-47-44-41-38-34-27-24-21-18-15-12-9-6-3/h8-9,11-12,16-21,25-29,31,33-34,36,39,41,44-45,48,62-63,67H,4-7,10,13-15,22-24,30,32,35,37-38,40,42-43,46-47,49-61H2,1-3H3,(H,71,72)/b11-8-,12-9-,19-16-,20-17-,21-18-,28-25-,29-26-,33-31-,34-27-,39-36-,44-41-,48-45-. The van der Waals surface area contributed by atoms with E-state index in [9.17, 15) is 28.9 Å². The lowest BCUT2D eigenvalue weighted by Crippen LogP contribution is -2.30. The fourth-order valence-electron chi connectivity index (χ4n) is 7.27. The number of esters is 3. The fourth-order valence-corrected chi connectivity index (χ4v) is 8.05. The zero-order valence-corrected chi connectivity index (χ0v) is 49.5. The first-order valence-corrected chi connectivity index (χ1v) is 31.2. The van der Waals surface area contributed by atoms with Gasteiger partial charge in [0.2, 0.25) is 0 Å². The lowest BCUT2D eigenvalue weighted by atomic mass is 10.1. The molecule has 0 spiro atoms. The molecular weight excluding hydrogens is 1000 g/mol. The second-order valence-electron chi connectivity index (χ2n) is 19.0. The van der Waals surface area contributed by atoms with Crippen LogP contribution in [-0.4, -0.2) is 66.5 Å². The number of ether oxygens (including phenoxy) is 3. The molecule has 78 heavy (non-hydrogen) atoms. The molecular formula is C66H105O11P. The molecule has 0 bridgehead atoms. The Labute approximate surface area is 473 Å². The predicted octanol–water partition coefficient (Wildman–Crippen LogP) is 17.9. The SMILES string of the molecule is CC/C=C\C/C=C\C/C=C\C/C=C\C/C=C\CCCC(=O)OC(COC(=O)CCCCCCCC/C=C\C/C=C\C/C=C\CCCCC)COP(=O)(O)OCC(CO)OC(=O)CCCC/C=C\C/C=C\C/C=C\C/C=C\CC. The Morgan fingerprint density at radius 1 is 0.372 bits per heavy atom.